The van der Waals surface area contributed by atoms with E-state index in [-0.39, 0.29) is 11.1 Å². The van der Waals surface area contributed by atoms with Gasteiger partial charge in [-0.3, -0.25) is 4.55 Å². The lowest BCUT2D eigenvalue weighted by molar-refractivity contribution is 0.0617. The molecule has 0 unspecified atom stereocenters. The third-order valence-electron chi connectivity index (χ3n) is 8.72. The molecule has 0 atom stereocenters. The summed E-state index contributed by atoms with van der Waals surface area (Å²) in [5, 5.41) is 0. The molecule has 0 aromatic heterocycles. The number of benzene rings is 1. The van der Waals surface area contributed by atoms with Gasteiger partial charge in [-0.2, -0.15) is 8.42 Å². The highest BCUT2D eigenvalue weighted by Gasteiger charge is 2.22. The van der Waals surface area contributed by atoms with Gasteiger partial charge in [0.25, 0.3) is 10.1 Å². The predicted octanol–water partition coefficient (Wildman–Crippen LogP) is 12.5. The van der Waals surface area contributed by atoms with E-state index >= 15 is 0 Å². The van der Waals surface area contributed by atoms with Gasteiger partial charge in [-0.1, -0.05) is 155 Å². The molecule has 0 saturated heterocycles. The molecule has 0 amide bonds. The average molecular weight is 691 g/mol. The second-order valence-corrected chi connectivity index (χ2v) is 14.5. The van der Waals surface area contributed by atoms with Gasteiger partial charge in [0.2, 0.25) is 0 Å². The van der Waals surface area contributed by atoms with Gasteiger partial charge in [-0.05, 0) is 56.0 Å². The Morgan fingerprint density at radius 1 is 0.542 bits per heavy atom. The zero-order chi connectivity index (χ0) is 35.1. The number of ether oxygens (including phenoxy) is 2. The molecule has 0 bridgehead atoms. The first kappa shape index (κ1) is 43.6. The Morgan fingerprint density at radius 3 is 1.23 bits per heavy atom. The molecule has 0 radical (unpaired) electrons. The predicted molar refractivity (Wildman–Crippen MR) is 197 cm³/mol. The minimum atomic E-state index is -4.59. The summed E-state index contributed by atoms with van der Waals surface area (Å²) < 4.78 is 43.3. The number of hydrogen-bond acceptors (Lipinski definition) is 6. The van der Waals surface area contributed by atoms with Gasteiger partial charge in [0.15, 0.2) is 0 Å². The smallest absolute Gasteiger partial charge is 0.343 e. The molecule has 0 aliphatic heterocycles. The highest BCUT2D eigenvalue weighted by atomic mass is 32.2. The van der Waals surface area contributed by atoms with E-state index in [1.807, 2.05) is 0 Å². The van der Waals surface area contributed by atoms with E-state index in [1.54, 1.807) is 12.2 Å². The van der Waals surface area contributed by atoms with Crippen LogP contribution in [0.1, 0.15) is 202 Å². The zero-order valence-electron chi connectivity index (χ0n) is 30.2. The molecule has 8 heteroatoms. The van der Waals surface area contributed by atoms with Crippen molar-refractivity contribution in [2.45, 2.75) is 186 Å². The van der Waals surface area contributed by atoms with Crippen molar-refractivity contribution < 1.29 is 32.0 Å². The van der Waals surface area contributed by atoms with E-state index in [2.05, 4.69) is 13.8 Å². The Morgan fingerprint density at radius 2 is 0.875 bits per heavy atom. The van der Waals surface area contributed by atoms with E-state index in [4.69, 9.17) is 9.47 Å². The van der Waals surface area contributed by atoms with Crippen LogP contribution in [0.3, 0.4) is 0 Å². The van der Waals surface area contributed by atoms with Gasteiger partial charge in [-0.25, -0.2) is 9.59 Å². The molecule has 0 fully saturated rings. The number of carbonyl (C=O) groups excluding carboxylic acids is 2. The summed E-state index contributed by atoms with van der Waals surface area (Å²) in [6, 6.07) is 3.14. The summed E-state index contributed by atoms with van der Waals surface area (Å²) >= 11 is 0. The van der Waals surface area contributed by atoms with Crippen LogP contribution in [0.5, 0.6) is 0 Å². The maximum Gasteiger partial charge on any atom is 0.343 e. The van der Waals surface area contributed by atoms with Crippen molar-refractivity contribution in [3.8, 4) is 0 Å². The molecular weight excluding hydrogens is 624 g/mol. The quantitative estimate of drug-likeness (QED) is 0.0357. The van der Waals surface area contributed by atoms with E-state index < -0.39 is 27.0 Å². The second-order valence-electron chi connectivity index (χ2n) is 13.1. The molecule has 1 rings (SSSR count). The van der Waals surface area contributed by atoms with Crippen LogP contribution in [0, 0.1) is 0 Å². The molecule has 274 valence electrons. The molecule has 0 aliphatic carbocycles. The van der Waals surface area contributed by atoms with Gasteiger partial charge in [-0.15, -0.1) is 0 Å². The van der Waals surface area contributed by atoms with Crippen LogP contribution in [0.2, 0.25) is 0 Å². The molecule has 1 N–H and O–H groups in total. The van der Waals surface area contributed by atoms with Crippen molar-refractivity contribution in [3.63, 3.8) is 0 Å². The first-order chi connectivity index (χ1) is 23.3. The van der Waals surface area contributed by atoms with Crippen LogP contribution in [0.4, 0.5) is 0 Å². The summed E-state index contributed by atoms with van der Waals surface area (Å²) in [6.45, 7) is 4.49. The standard InChI is InChI=1S/C40H66O7S/c1-3-5-7-9-11-13-15-17-19-21-23-25-27-29-33-46-39(41)37-32-31-36(48(43,44)45)35-38(37)40(42)47-34-30-28-26-24-22-20-18-16-14-12-10-8-6-4-2/h29-35H,3-28H2,1-2H3,(H,43,44,45)/b33-29+,34-30+. The summed E-state index contributed by atoms with van der Waals surface area (Å²) in [4.78, 5) is 25.1. The molecule has 0 saturated carbocycles. The van der Waals surface area contributed by atoms with Crippen molar-refractivity contribution in [1.82, 2.24) is 0 Å². The first-order valence-corrected chi connectivity index (χ1v) is 20.6. The van der Waals surface area contributed by atoms with E-state index in [0.717, 1.165) is 56.7 Å². The number of allylic oxidation sites excluding steroid dienone is 2. The lowest BCUT2D eigenvalue weighted by Gasteiger charge is -2.08. The molecule has 48 heavy (non-hydrogen) atoms. The molecular formula is C40H66O7S. The van der Waals surface area contributed by atoms with Crippen molar-refractivity contribution in [1.29, 1.82) is 0 Å². The largest absolute Gasteiger partial charge is 0.431 e. The highest BCUT2D eigenvalue weighted by molar-refractivity contribution is 7.85. The minimum Gasteiger partial charge on any atom is -0.431 e. The lowest BCUT2D eigenvalue weighted by Crippen LogP contribution is -2.13. The summed E-state index contributed by atoms with van der Waals surface area (Å²) in [7, 11) is -4.59. The summed E-state index contributed by atoms with van der Waals surface area (Å²) in [5.41, 5.74) is -0.434. The maximum absolute atomic E-state index is 12.8. The van der Waals surface area contributed by atoms with Crippen LogP contribution in [0.15, 0.2) is 47.8 Å². The first-order valence-electron chi connectivity index (χ1n) is 19.1. The van der Waals surface area contributed by atoms with Gasteiger partial charge in [0.1, 0.15) is 0 Å². The van der Waals surface area contributed by atoms with Crippen molar-refractivity contribution in [2.75, 3.05) is 0 Å². The topological polar surface area (TPSA) is 107 Å². The fraction of sp³-hybridized carbons (Fsp3) is 0.700. The molecule has 0 aliphatic rings. The summed E-state index contributed by atoms with van der Waals surface area (Å²) in [5.74, 6) is -1.71. The Balaban J connectivity index is 2.37. The Bertz CT molecular complexity index is 1140. The molecule has 0 spiro atoms. The Labute approximate surface area is 293 Å². The number of rotatable bonds is 31. The van der Waals surface area contributed by atoms with E-state index in [0.29, 0.717) is 0 Å². The van der Waals surface area contributed by atoms with Crippen LogP contribution in [-0.2, 0) is 19.6 Å². The van der Waals surface area contributed by atoms with E-state index in [9.17, 15) is 22.6 Å². The Kier molecular flexibility index (Phi) is 26.7. The molecule has 1 aromatic carbocycles. The van der Waals surface area contributed by atoms with Gasteiger partial charge in [0, 0.05) is 0 Å². The van der Waals surface area contributed by atoms with Crippen LogP contribution in [0.25, 0.3) is 0 Å². The number of unbranched alkanes of at least 4 members (excludes halogenated alkanes) is 24. The summed E-state index contributed by atoms with van der Waals surface area (Å²) in [6.07, 6.45) is 38.0. The maximum atomic E-state index is 12.8. The molecule has 7 nitrogen and oxygen atoms in total. The SMILES string of the molecule is CCCCCCCCCCCCCC/C=C/OC(=O)c1ccc(S(=O)(=O)O)cc1C(=O)O/C=C/CCCCCCCCCCCCCC. The fourth-order valence-electron chi connectivity index (χ4n) is 5.72. The number of carbonyl (C=O) groups is 2. The highest BCUT2D eigenvalue weighted by Crippen LogP contribution is 2.20. The van der Waals surface area contributed by atoms with Crippen LogP contribution < -0.4 is 0 Å². The van der Waals surface area contributed by atoms with Crippen molar-refractivity contribution >= 4 is 22.1 Å². The monoisotopic (exact) mass is 690 g/mol. The van der Waals surface area contributed by atoms with Crippen molar-refractivity contribution in [3.05, 3.63) is 54.0 Å². The fourth-order valence-corrected chi connectivity index (χ4v) is 6.23. The van der Waals surface area contributed by atoms with Crippen LogP contribution in [-0.4, -0.2) is 24.9 Å². The lowest BCUT2D eigenvalue weighted by atomic mass is 10.0. The third kappa shape index (κ3) is 23.0. The zero-order valence-corrected chi connectivity index (χ0v) is 31.0. The Hall–Kier alpha value is -2.45. The van der Waals surface area contributed by atoms with Crippen LogP contribution >= 0.6 is 0 Å². The normalized spacial score (nSPS) is 11.9. The second kappa shape index (κ2) is 29.5. The number of hydrogen-bond donors (Lipinski definition) is 1. The van der Waals surface area contributed by atoms with Gasteiger partial charge >= 0.3 is 11.9 Å². The van der Waals surface area contributed by atoms with Gasteiger partial charge in [0.05, 0.1) is 28.5 Å². The van der Waals surface area contributed by atoms with E-state index in [1.165, 1.54) is 141 Å². The third-order valence-corrected chi connectivity index (χ3v) is 9.57. The number of esters is 2. The minimum absolute atomic E-state index is 0.142. The average Bonchev–Trinajstić information content (AvgIpc) is 3.07. The molecule has 1 aromatic rings. The van der Waals surface area contributed by atoms with Crippen molar-refractivity contribution in [2.24, 2.45) is 0 Å². The van der Waals surface area contributed by atoms with Gasteiger partial charge < -0.3 is 9.47 Å². The molecule has 0 heterocycles.